The van der Waals surface area contributed by atoms with Gasteiger partial charge in [0.15, 0.2) is 0 Å². The highest BCUT2D eigenvalue weighted by Crippen LogP contribution is 2.24. The van der Waals surface area contributed by atoms with Crippen LogP contribution in [0.2, 0.25) is 0 Å². The molecular weight excluding hydrogens is 376 g/mol. The van der Waals surface area contributed by atoms with Crippen LogP contribution in [0.25, 0.3) is 10.4 Å². The number of nitrogens with zero attached hydrogens (tertiary/aromatic N) is 6. The van der Waals surface area contributed by atoms with Crippen LogP contribution in [0.15, 0.2) is 35.6 Å². The molecule has 1 aromatic carbocycles. The van der Waals surface area contributed by atoms with E-state index >= 15 is 0 Å². The monoisotopic (exact) mass is 410 g/mol. The third-order valence-electron chi connectivity index (χ3n) is 5.86. The van der Waals surface area contributed by atoms with Gasteiger partial charge in [0, 0.05) is 29.8 Å². The van der Waals surface area contributed by atoms with Gasteiger partial charge in [0.05, 0.1) is 12.3 Å². The third kappa shape index (κ3) is 8.07. The van der Waals surface area contributed by atoms with E-state index in [1.807, 2.05) is 16.8 Å². The highest BCUT2D eigenvalue weighted by Gasteiger charge is 2.13. The molecule has 0 bridgehead atoms. The van der Waals surface area contributed by atoms with Crippen molar-refractivity contribution in [1.82, 2.24) is 15.0 Å². The van der Waals surface area contributed by atoms with Crippen LogP contribution in [-0.2, 0) is 13.0 Å². The lowest BCUT2D eigenvalue weighted by Crippen LogP contribution is -2.06. The lowest BCUT2D eigenvalue weighted by Gasteiger charge is -2.14. The van der Waals surface area contributed by atoms with E-state index in [9.17, 15) is 0 Å². The van der Waals surface area contributed by atoms with Crippen LogP contribution in [0.1, 0.15) is 76.3 Å². The lowest BCUT2D eigenvalue weighted by atomic mass is 9.91. The Morgan fingerprint density at radius 2 is 1.67 bits per heavy atom. The Kier molecular flexibility index (Phi) is 9.54. The number of ether oxygens (including phenoxy) is 1. The Morgan fingerprint density at radius 1 is 1.00 bits per heavy atom. The first-order valence-corrected chi connectivity index (χ1v) is 11.5. The SMILES string of the molecule is [N-]=[N+]=Nc1ccc(OCCCn2cc(CC3CCCCCCCCCC3)nn2)cc1. The van der Waals surface area contributed by atoms with Crippen molar-refractivity contribution < 1.29 is 4.74 Å². The van der Waals surface area contributed by atoms with Gasteiger partial charge in [-0.1, -0.05) is 74.5 Å². The smallest absolute Gasteiger partial charge is 0.119 e. The van der Waals surface area contributed by atoms with Crippen molar-refractivity contribution in [2.24, 2.45) is 11.0 Å². The maximum Gasteiger partial charge on any atom is 0.119 e. The summed E-state index contributed by atoms with van der Waals surface area (Å²) in [5, 5.41) is 12.3. The van der Waals surface area contributed by atoms with Gasteiger partial charge in [-0.25, -0.2) is 0 Å². The number of aromatic nitrogens is 3. The second-order valence-corrected chi connectivity index (χ2v) is 8.33. The van der Waals surface area contributed by atoms with E-state index in [0.717, 1.165) is 36.7 Å². The predicted molar refractivity (Wildman–Crippen MR) is 119 cm³/mol. The van der Waals surface area contributed by atoms with Crippen LogP contribution in [0, 0.1) is 5.92 Å². The molecule has 1 aliphatic rings. The highest BCUT2D eigenvalue weighted by molar-refractivity contribution is 5.40. The molecule has 30 heavy (non-hydrogen) atoms. The number of azide groups is 1. The van der Waals surface area contributed by atoms with E-state index in [-0.39, 0.29) is 0 Å². The molecule has 0 saturated heterocycles. The Labute approximate surface area is 179 Å². The molecule has 0 unspecified atom stereocenters. The standard InChI is InChI=1S/C23H34N6O/c24-27-25-21-12-14-23(15-13-21)30-17-9-16-29-19-22(26-28-29)18-20-10-7-5-3-1-2-4-6-8-11-20/h12-15,19-20H,1-11,16-18H2. The largest absolute Gasteiger partial charge is 0.494 e. The fraction of sp³-hybridized carbons (Fsp3) is 0.652. The summed E-state index contributed by atoms with van der Waals surface area (Å²) < 4.78 is 7.69. The van der Waals surface area contributed by atoms with Crippen molar-refractivity contribution in [3.8, 4) is 5.75 Å². The first-order chi connectivity index (χ1) is 14.8. The molecule has 1 fully saturated rings. The minimum atomic E-state index is 0.589. The Morgan fingerprint density at radius 3 is 2.33 bits per heavy atom. The van der Waals surface area contributed by atoms with Gasteiger partial charge < -0.3 is 4.74 Å². The summed E-state index contributed by atoms with van der Waals surface area (Å²) in [5.74, 6) is 1.53. The molecule has 0 spiro atoms. The molecule has 2 aromatic rings. The molecule has 0 amide bonds. The van der Waals surface area contributed by atoms with Crippen LogP contribution < -0.4 is 4.74 Å². The molecule has 1 saturated carbocycles. The zero-order valence-corrected chi connectivity index (χ0v) is 18.0. The fourth-order valence-corrected chi connectivity index (χ4v) is 4.19. The lowest BCUT2D eigenvalue weighted by molar-refractivity contribution is 0.298. The van der Waals surface area contributed by atoms with E-state index in [0.29, 0.717) is 12.3 Å². The molecule has 1 aromatic heterocycles. The second kappa shape index (κ2) is 12.9. The molecule has 0 atom stereocenters. The summed E-state index contributed by atoms with van der Waals surface area (Å²) in [6.45, 7) is 1.41. The Bertz CT molecular complexity index is 769. The van der Waals surface area contributed by atoms with Gasteiger partial charge in [0.1, 0.15) is 5.75 Å². The molecule has 0 radical (unpaired) electrons. The molecular formula is C23H34N6O. The number of hydrogen-bond acceptors (Lipinski definition) is 4. The molecule has 0 aliphatic heterocycles. The van der Waals surface area contributed by atoms with Crippen molar-refractivity contribution in [1.29, 1.82) is 0 Å². The maximum absolute atomic E-state index is 8.43. The van der Waals surface area contributed by atoms with Gasteiger partial charge in [-0.3, -0.25) is 4.68 Å². The van der Waals surface area contributed by atoms with E-state index in [2.05, 4.69) is 26.5 Å². The number of rotatable bonds is 8. The van der Waals surface area contributed by atoms with Gasteiger partial charge in [-0.15, -0.1) is 5.10 Å². The number of benzene rings is 1. The third-order valence-corrected chi connectivity index (χ3v) is 5.86. The average molecular weight is 411 g/mol. The zero-order chi connectivity index (χ0) is 20.9. The van der Waals surface area contributed by atoms with Crippen LogP contribution >= 0.6 is 0 Å². The van der Waals surface area contributed by atoms with Crippen molar-refractivity contribution in [3.63, 3.8) is 0 Å². The summed E-state index contributed by atoms with van der Waals surface area (Å²) in [4.78, 5) is 2.77. The summed E-state index contributed by atoms with van der Waals surface area (Å²) in [6, 6.07) is 7.14. The molecule has 1 aliphatic carbocycles. The Hall–Kier alpha value is -2.53. The topological polar surface area (TPSA) is 88.7 Å². The number of aryl methyl sites for hydroxylation is 1. The van der Waals surface area contributed by atoms with Gasteiger partial charge in [0.2, 0.25) is 0 Å². The molecule has 1 heterocycles. The van der Waals surface area contributed by atoms with Crippen molar-refractivity contribution in [2.75, 3.05) is 6.61 Å². The summed E-state index contributed by atoms with van der Waals surface area (Å²) >= 11 is 0. The second-order valence-electron chi connectivity index (χ2n) is 8.33. The molecule has 7 nitrogen and oxygen atoms in total. The van der Waals surface area contributed by atoms with E-state index in [4.69, 9.17) is 10.3 Å². The van der Waals surface area contributed by atoms with Crippen molar-refractivity contribution in [2.45, 2.75) is 83.6 Å². The van der Waals surface area contributed by atoms with Crippen LogP contribution in [0.5, 0.6) is 5.75 Å². The van der Waals surface area contributed by atoms with Gasteiger partial charge in [-0.05, 0) is 42.1 Å². The quantitative estimate of drug-likeness (QED) is 0.208. The van der Waals surface area contributed by atoms with Gasteiger partial charge >= 0.3 is 0 Å². The van der Waals surface area contributed by atoms with Crippen molar-refractivity contribution >= 4 is 5.69 Å². The molecule has 7 heteroatoms. The first kappa shape index (κ1) is 22.2. The zero-order valence-electron chi connectivity index (χ0n) is 18.0. The Balaban J connectivity index is 1.38. The molecule has 3 rings (SSSR count). The minimum Gasteiger partial charge on any atom is -0.494 e. The van der Waals surface area contributed by atoms with Crippen LogP contribution in [0.3, 0.4) is 0 Å². The van der Waals surface area contributed by atoms with Crippen LogP contribution in [0.4, 0.5) is 5.69 Å². The number of hydrogen-bond donors (Lipinski definition) is 0. The fourth-order valence-electron chi connectivity index (χ4n) is 4.19. The molecule has 0 N–H and O–H groups in total. The van der Waals surface area contributed by atoms with E-state index < -0.39 is 0 Å². The van der Waals surface area contributed by atoms with Crippen LogP contribution in [-0.4, -0.2) is 21.6 Å². The van der Waals surface area contributed by atoms with E-state index in [1.54, 1.807) is 12.1 Å². The average Bonchev–Trinajstić information content (AvgIpc) is 3.18. The normalized spacial score (nSPS) is 16.4. The van der Waals surface area contributed by atoms with Gasteiger partial charge in [-0.2, -0.15) is 0 Å². The predicted octanol–water partition coefficient (Wildman–Crippen LogP) is 6.76. The summed E-state index contributed by atoms with van der Waals surface area (Å²) in [6.07, 6.45) is 17.9. The minimum absolute atomic E-state index is 0.589. The maximum atomic E-state index is 8.43. The van der Waals surface area contributed by atoms with Gasteiger partial charge in [0.25, 0.3) is 0 Å². The van der Waals surface area contributed by atoms with Crippen molar-refractivity contribution in [3.05, 3.63) is 46.6 Å². The summed E-state index contributed by atoms with van der Waals surface area (Å²) in [5.41, 5.74) is 10.2. The van der Waals surface area contributed by atoms with E-state index in [1.165, 1.54) is 64.2 Å². The first-order valence-electron chi connectivity index (χ1n) is 11.5. The highest BCUT2D eigenvalue weighted by atomic mass is 16.5. The molecule has 162 valence electrons. The summed E-state index contributed by atoms with van der Waals surface area (Å²) in [7, 11) is 0.